The lowest BCUT2D eigenvalue weighted by Gasteiger charge is -2.26. The summed E-state index contributed by atoms with van der Waals surface area (Å²) in [4.78, 5) is 66.8. The van der Waals surface area contributed by atoms with Crippen LogP contribution in [0.15, 0.2) is 48.5 Å². The van der Waals surface area contributed by atoms with Crippen LogP contribution in [0.4, 0.5) is 5.69 Å². The molecule has 2 aliphatic heterocycles. The van der Waals surface area contributed by atoms with Gasteiger partial charge in [0.05, 0.1) is 151 Å². The third-order valence-corrected chi connectivity index (χ3v) is 9.31. The summed E-state index contributed by atoms with van der Waals surface area (Å²) >= 11 is 0. The van der Waals surface area contributed by atoms with Gasteiger partial charge in [0, 0.05) is 43.4 Å². The topological polar surface area (TPSA) is 205 Å². The highest BCUT2D eigenvalue weighted by Gasteiger charge is 2.32. The number of hydrogen-bond acceptors (Lipinski definition) is 16. The number of benzene rings is 2. The minimum absolute atomic E-state index is 0.0517. The molecule has 0 saturated carbocycles. The van der Waals surface area contributed by atoms with Crippen LogP contribution in [-0.2, 0) is 82.7 Å². The Morgan fingerprint density at radius 2 is 0.908 bits per heavy atom. The Bertz CT molecular complexity index is 1770. The van der Waals surface area contributed by atoms with Gasteiger partial charge in [-0.15, -0.1) is 5.06 Å². The fourth-order valence-electron chi connectivity index (χ4n) is 5.96. The Hall–Kier alpha value is -4.85. The first-order valence-corrected chi connectivity index (χ1v) is 22.0. The van der Waals surface area contributed by atoms with Crippen LogP contribution in [0, 0.1) is 11.8 Å². The summed E-state index contributed by atoms with van der Waals surface area (Å²) in [7, 11) is 0. The molecule has 2 heterocycles. The predicted molar refractivity (Wildman–Crippen MR) is 232 cm³/mol. The minimum Gasteiger partial charge on any atom is -0.378 e. The average Bonchev–Trinajstić information content (AvgIpc) is 3.62. The SMILES string of the molecule is O=C(CCC(=O)N1Cc2ccccc2C#Cc2ccccc21)NCCOCCOCCOCCOCCOCCOCCOCCOCCOCCOCCC(=O)ON1C(=O)CCC1=O. The molecular formula is C46H63N3O16. The van der Waals surface area contributed by atoms with E-state index >= 15 is 0 Å². The van der Waals surface area contributed by atoms with Crippen molar-refractivity contribution in [2.45, 2.75) is 38.6 Å². The van der Waals surface area contributed by atoms with Gasteiger partial charge in [0.1, 0.15) is 0 Å². The first kappa shape index (κ1) is 52.8. The van der Waals surface area contributed by atoms with Gasteiger partial charge in [0.25, 0.3) is 11.8 Å². The molecular weight excluding hydrogens is 851 g/mol. The van der Waals surface area contributed by atoms with Gasteiger partial charge in [0.15, 0.2) is 0 Å². The molecule has 0 spiro atoms. The standard InChI is InChI=1S/C46H63N3O16/c50-42(11-12-43(51)48-37-40-7-2-1-5-38(40)9-10-39-6-3-4-8-41(39)48)47-16-18-56-20-22-58-24-26-60-28-30-62-32-34-64-36-35-63-33-31-61-29-27-59-25-23-57-21-19-55-17-15-46(54)65-49-44(52)13-14-45(49)53/h1-8H,11-37H2,(H,47,50). The van der Waals surface area contributed by atoms with Gasteiger partial charge in [-0.1, -0.05) is 42.2 Å². The first-order valence-electron chi connectivity index (χ1n) is 22.0. The van der Waals surface area contributed by atoms with E-state index in [0.29, 0.717) is 137 Å². The Balaban J connectivity index is 0.805. The van der Waals surface area contributed by atoms with Crippen molar-refractivity contribution in [3.05, 3.63) is 65.2 Å². The number of anilines is 1. The van der Waals surface area contributed by atoms with E-state index in [1.165, 1.54) is 0 Å². The van der Waals surface area contributed by atoms with Crippen molar-refractivity contribution in [2.75, 3.05) is 144 Å². The van der Waals surface area contributed by atoms with Crippen LogP contribution in [0.3, 0.4) is 0 Å². The van der Waals surface area contributed by atoms with E-state index in [4.69, 9.17) is 52.2 Å². The molecule has 1 fully saturated rings. The van der Waals surface area contributed by atoms with Crippen LogP contribution in [0.1, 0.15) is 48.8 Å². The largest absolute Gasteiger partial charge is 0.378 e. The molecule has 4 amide bonds. The van der Waals surface area contributed by atoms with Gasteiger partial charge in [-0.25, -0.2) is 4.79 Å². The van der Waals surface area contributed by atoms with Gasteiger partial charge in [0.2, 0.25) is 11.8 Å². The molecule has 65 heavy (non-hydrogen) atoms. The molecule has 19 heteroatoms. The Morgan fingerprint density at radius 1 is 0.492 bits per heavy atom. The van der Waals surface area contributed by atoms with Crippen molar-refractivity contribution >= 4 is 35.3 Å². The fourth-order valence-corrected chi connectivity index (χ4v) is 5.96. The molecule has 358 valence electrons. The van der Waals surface area contributed by atoms with Crippen LogP contribution < -0.4 is 10.2 Å². The lowest BCUT2D eigenvalue weighted by molar-refractivity contribution is -0.198. The van der Waals surface area contributed by atoms with Gasteiger partial charge >= 0.3 is 5.97 Å². The molecule has 0 aliphatic carbocycles. The third-order valence-electron chi connectivity index (χ3n) is 9.31. The van der Waals surface area contributed by atoms with Crippen molar-refractivity contribution in [2.24, 2.45) is 0 Å². The number of hydrogen-bond donors (Lipinski definition) is 1. The van der Waals surface area contributed by atoms with Crippen LogP contribution in [0.5, 0.6) is 0 Å². The van der Waals surface area contributed by atoms with Gasteiger partial charge in [-0.05, 0) is 23.8 Å². The maximum atomic E-state index is 13.3. The van der Waals surface area contributed by atoms with Crippen molar-refractivity contribution in [3.63, 3.8) is 0 Å². The predicted octanol–water partition coefficient (Wildman–Crippen LogP) is 1.99. The highest BCUT2D eigenvalue weighted by molar-refractivity contribution is 6.01. The second kappa shape index (κ2) is 33.6. The first-order chi connectivity index (χ1) is 31.9. The second-order valence-corrected chi connectivity index (χ2v) is 14.2. The van der Waals surface area contributed by atoms with Gasteiger partial charge in [-0.2, -0.15) is 0 Å². The third kappa shape index (κ3) is 22.8. The van der Waals surface area contributed by atoms with Crippen LogP contribution in [0.25, 0.3) is 0 Å². The number of nitrogens with zero attached hydrogens (tertiary/aromatic N) is 2. The highest BCUT2D eigenvalue weighted by atomic mass is 16.7. The maximum Gasteiger partial charge on any atom is 0.335 e. The molecule has 0 unspecified atom stereocenters. The summed E-state index contributed by atoms with van der Waals surface area (Å²) in [6, 6.07) is 15.3. The zero-order chi connectivity index (χ0) is 46.0. The number of ether oxygens (including phenoxy) is 10. The summed E-state index contributed by atoms with van der Waals surface area (Å²) in [5, 5.41) is 3.32. The number of carbonyl (C=O) groups excluding carboxylic acids is 5. The lowest BCUT2D eigenvalue weighted by atomic mass is 10.0. The number of rotatable bonds is 37. The van der Waals surface area contributed by atoms with E-state index in [1.807, 2.05) is 48.5 Å². The molecule has 2 aromatic rings. The zero-order valence-electron chi connectivity index (χ0n) is 37.1. The average molecular weight is 914 g/mol. The van der Waals surface area contributed by atoms with E-state index in [9.17, 15) is 24.0 Å². The van der Waals surface area contributed by atoms with E-state index in [1.54, 1.807) is 4.90 Å². The molecule has 2 aliphatic rings. The number of imide groups is 1. The lowest BCUT2D eigenvalue weighted by Crippen LogP contribution is -2.34. The van der Waals surface area contributed by atoms with Crippen molar-refractivity contribution < 1.29 is 76.2 Å². The monoisotopic (exact) mass is 913 g/mol. The summed E-state index contributed by atoms with van der Waals surface area (Å²) in [5.74, 6) is 4.31. The summed E-state index contributed by atoms with van der Waals surface area (Å²) < 4.78 is 54.6. The second-order valence-electron chi connectivity index (χ2n) is 14.2. The van der Waals surface area contributed by atoms with Crippen LogP contribution in [0.2, 0.25) is 0 Å². The summed E-state index contributed by atoms with van der Waals surface area (Å²) in [6.07, 6.45) is 0.174. The van der Waals surface area contributed by atoms with E-state index in [2.05, 4.69) is 17.2 Å². The molecule has 0 radical (unpaired) electrons. The van der Waals surface area contributed by atoms with Gasteiger partial charge in [-0.3, -0.25) is 19.2 Å². The molecule has 19 nitrogen and oxygen atoms in total. The molecule has 1 saturated heterocycles. The normalized spacial score (nSPS) is 13.2. The van der Waals surface area contributed by atoms with Crippen molar-refractivity contribution in [1.29, 1.82) is 0 Å². The zero-order valence-corrected chi connectivity index (χ0v) is 37.1. The number of carbonyl (C=O) groups is 5. The van der Waals surface area contributed by atoms with E-state index in [0.717, 1.165) is 22.4 Å². The number of fused-ring (bicyclic) bond motifs is 2. The van der Waals surface area contributed by atoms with E-state index < -0.39 is 17.8 Å². The number of para-hydroxylation sites is 1. The number of hydroxylamine groups is 2. The molecule has 4 rings (SSSR count). The fraction of sp³-hybridized carbons (Fsp3) is 0.587. The molecule has 1 N–H and O–H groups in total. The van der Waals surface area contributed by atoms with Crippen LogP contribution in [-0.4, -0.2) is 173 Å². The number of nitrogens with one attached hydrogen (secondary N) is 1. The minimum atomic E-state index is -0.706. The molecule has 0 atom stereocenters. The smallest absolute Gasteiger partial charge is 0.335 e. The summed E-state index contributed by atoms with van der Waals surface area (Å²) in [6.45, 7) is 8.58. The maximum absolute atomic E-state index is 13.3. The van der Waals surface area contributed by atoms with Crippen molar-refractivity contribution in [3.8, 4) is 11.8 Å². The van der Waals surface area contributed by atoms with E-state index in [-0.39, 0.29) is 57.1 Å². The molecule has 0 bridgehead atoms. The highest BCUT2D eigenvalue weighted by Crippen LogP contribution is 2.26. The van der Waals surface area contributed by atoms with Crippen LogP contribution >= 0.6 is 0 Å². The Labute approximate surface area is 380 Å². The number of amides is 4. The van der Waals surface area contributed by atoms with Crippen molar-refractivity contribution in [1.82, 2.24) is 10.4 Å². The quantitative estimate of drug-likeness (QED) is 0.0585. The Kier molecular flexibility index (Phi) is 27.3. The summed E-state index contributed by atoms with van der Waals surface area (Å²) in [5.41, 5.74) is 3.38. The Morgan fingerprint density at radius 3 is 1.42 bits per heavy atom. The van der Waals surface area contributed by atoms with Gasteiger partial charge < -0.3 is 62.4 Å². The molecule has 2 aromatic carbocycles. The molecule has 0 aromatic heterocycles.